The van der Waals surface area contributed by atoms with Gasteiger partial charge >= 0.3 is 0 Å². The van der Waals surface area contributed by atoms with E-state index in [1.165, 1.54) is 0 Å². The third kappa shape index (κ3) is 4.48. The summed E-state index contributed by atoms with van der Waals surface area (Å²) in [5, 5.41) is 10.1. The number of aromatic nitrogens is 1. The van der Waals surface area contributed by atoms with Crippen LogP contribution in [0.25, 0.3) is 10.9 Å². The van der Waals surface area contributed by atoms with Gasteiger partial charge in [0.15, 0.2) is 0 Å². The zero-order chi connectivity index (χ0) is 19.1. The minimum absolute atomic E-state index is 0.00666. The molecule has 0 saturated heterocycles. The van der Waals surface area contributed by atoms with Crippen LogP contribution in [0.3, 0.4) is 0 Å². The maximum atomic E-state index is 12.9. The highest BCUT2D eigenvalue weighted by Gasteiger charge is 2.16. The number of carbonyl (C=O) groups is 1. The number of anilines is 1. The number of ether oxygens (including phenoxy) is 1. The monoisotopic (exact) mass is 361 g/mol. The molecule has 0 unspecified atom stereocenters. The van der Waals surface area contributed by atoms with Gasteiger partial charge < -0.3 is 14.2 Å². The van der Waals surface area contributed by atoms with Crippen LogP contribution in [0.15, 0.2) is 60.8 Å². The largest absolute Gasteiger partial charge is 0.494 e. The molecule has 0 spiro atoms. The molecule has 2 aromatic carbocycles. The highest BCUT2D eigenvalue weighted by atomic mass is 16.5. The van der Waals surface area contributed by atoms with Crippen LogP contribution in [0.1, 0.15) is 19.8 Å². The average Bonchev–Trinajstić information content (AvgIpc) is 3.11. The van der Waals surface area contributed by atoms with Crippen molar-refractivity contribution in [2.75, 3.05) is 18.1 Å². The molecular weight excluding hydrogens is 338 g/mol. The second-order valence-corrected chi connectivity index (χ2v) is 6.20. The summed E-state index contributed by atoms with van der Waals surface area (Å²) in [6, 6.07) is 19.7. The number of nitrogens with zero attached hydrogens (tertiary/aromatic N) is 3. The Kier molecular flexibility index (Phi) is 6.11. The molecule has 0 aliphatic heterocycles. The van der Waals surface area contributed by atoms with E-state index < -0.39 is 0 Å². The van der Waals surface area contributed by atoms with E-state index in [0.717, 1.165) is 22.3 Å². The van der Waals surface area contributed by atoms with Crippen molar-refractivity contribution in [3.63, 3.8) is 0 Å². The van der Waals surface area contributed by atoms with E-state index in [1.807, 2.05) is 49.5 Å². The molecule has 138 valence electrons. The number of carbonyl (C=O) groups excluding carboxylic acids is 1. The summed E-state index contributed by atoms with van der Waals surface area (Å²) in [7, 11) is 0. The topological polar surface area (TPSA) is 58.3 Å². The zero-order valence-corrected chi connectivity index (χ0v) is 15.5. The first kappa shape index (κ1) is 18.5. The third-order valence-electron chi connectivity index (χ3n) is 4.45. The Balaban J connectivity index is 1.72. The van der Waals surface area contributed by atoms with Gasteiger partial charge in [-0.25, -0.2) is 0 Å². The van der Waals surface area contributed by atoms with Crippen LogP contribution in [0, 0.1) is 11.3 Å². The van der Waals surface area contributed by atoms with Crippen LogP contribution < -0.4 is 9.64 Å². The van der Waals surface area contributed by atoms with E-state index in [1.54, 1.807) is 4.90 Å². The first-order chi connectivity index (χ1) is 13.2. The molecule has 1 aromatic heterocycles. The maximum Gasteiger partial charge on any atom is 0.228 e. The minimum atomic E-state index is 0.00666. The molecule has 0 bridgehead atoms. The van der Waals surface area contributed by atoms with Crippen LogP contribution in [0.2, 0.25) is 0 Å². The fourth-order valence-corrected chi connectivity index (χ4v) is 3.14. The van der Waals surface area contributed by atoms with Crippen molar-refractivity contribution < 1.29 is 9.53 Å². The van der Waals surface area contributed by atoms with E-state index in [-0.39, 0.29) is 5.91 Å². The lowest BCUT2D eigenvalue weighted by Gasteiger charge is -2.22. The molecule has 0 radical (unpaired) electrons. The summed E-state index contributed by atoms with van der Waals surface area (Å²) in [5.74, 6) is 0.778. The molecule has 0 fully saturated rings. The SMILES string of the molecule is CCOc1ccc(N(CCC#N)C(=O)CCn2ccc3ccccc32)cc1. The van der Waals surface area contributed by atoms with Gasteiger partial charge in [-0.1, -0.05) is 18.2 Å². The van der Waals surface area contributed by atoms with Gasteiger partial charge in [0, 0.05) is 36.9 Å². The Hall–Kier alpha value is -3.26. The van der Waals surface area contributed by atoms with Crippen molar-refractivity contribution in [3.05, 3.63) is 60.8 Å². The molecule has 5 heteroatoms. The van der Waals surface area contributed by atoms with Gasteiger partial charge in [-0.2, -0.15) is 5.26 Å². The van der Waals surface area contributed by atoms with Crippen molar-refractivity contribution >= 4 is 22.5 Å². The van der Waals surface area contributed by atoms with E-state index in [0.29, 0.717) is 32.5 Å². The normalized spacial score (nSPS) is 10.5. The lowest BCUT2D eigenvalue weighted by Crippen LogP contribution is -2.32. The number of benzene rings is 2. The number of fused-ring (bicyclic) bond motifs is 1. The van der Waals surface area contributed by atoms with Crippen molar-refractivity contribution in [3.8, 4) is 11.8 Å². The second-order valence-electron chi connectivity index (χ2n) is 6.20. The number of hydrogen-bond donors (Lipinski definition) is 0. The molecule has 27 heavy (non-hydrogen) atoms. The molecule has 0 N–H and O–H groups in total. The highest BCUT2D eigenvalue weighted by molar-refractivity contribution is 5.93. The number of hydrogen-bond acceptors (Lipinski definition) is 3. The molecule has 0 atom stereocenters. The van der Waals surface area contributed by atoms with E-state index in [4.69, 9.17) is 10.00 Å². The Morgan fingerprint density at radius 1 is 1.15 bits per heavy atom. The van der Waals surface area contributed by atoms with Gasteiger partial charge in [-0.3, -0.25) is 4.79 Å². The van der Waals surface area contributed by atoms with Crippen LogP contribution in [0.4, 0.5) is 5.69 Å². The van der Waals surface area contributed by atoms with E-state index in [9.17, 15) is 4.79 Å². The highest BCUT2D eigenvalue weighted by Crippen LogP contribution is 2.21. The van der Waals surface area contributed by atoms with Crippen molar-refractivity contribution in [2.45, 2.75) is 26.3 Å². The molecule has 0 saturated carbocycles. The summed E-state index contributed by atoms with van der Waals surface area (Å²) in [4.78, 5) is 14.5. The van der Waals surface area contributed by atoms with Gasteiger partial charge in [0.1, 0.15) is 5.75 Å². The van der Waals surface area contributed by atoms with E-state index in [2.05, 4.69) is 28.8 Å². The lowest BCUT2D eigenvalue weighted by atomic mass is 10.2. The van der Waals surface area contributed by atoms with Crippen molar-refractivity contribution in [1.82, 2.24) is 4.57 Å². The first-order valence-electron chi connectivity index (χ1n) is 9.17. The van der Waals surface area contributed by atoms with Gasteiger partial charge in [-0.15, -0.1) is 0 Å². The number of para-hydroxylation sites is 1. The van der Waals surface area contributed by atoms with Crippen LogP contribution in [0.5, 0.6) is 5.75 Å². The average molecular weight is 361 g/mol. The molecule has 3 aromatic rings. The van der Waals surface area contributed by atoms with Crippen LogP contribution >= 0.6 is 0 Å². The zero-order valence-electron chi connectivity index (χ0n) is 15.5. The van der Waals surface area contributed by atoms with Crippen LogP contribution in [-0.2, 0) is 11.3 Å². The van der Waals surface area contributed by atoms with Gasteiger partial charge in [0.25, 0.3) is 0 Å². The fraction of sp³-hybridized carbons (Fsp3) is 0.273. The quantitative estimate of drug-likeness (QED) is 0.598. The molecule has 3 rings (SSSR count). The van der Waals surface area contributed by atoms with Gasteiger partial charge in [-0.05, 0) is 48.7 Å². The maximum absolute atomic E-state index is 12.9. The van der Waals surface area contributed by atoms with Gasteiger partial charge in [0.05, 0.1) is 19.1 Å². The fourth-order valence-electron chi connectivity index (χ4n) is 3.14. The smallest absolute Gasteiger partial charge is 0.228 e. The summed E-state index contributed by atoms with van der Waals surface area (Å²) >= 11 is 0. The van der Waals surface area contributed by atoms with Crippen LogP contribution in [-0.4, -0.2) is 23.6 Å². The molecule has 0 aliphatic carbocycles. The summed E-state index contributed by atoms with van der Waals surface area (Å²) < 4.78 is 7.55. The summed E-state index contributed by atoms with van der Waals surface area (Å²) in [6.07, 6.45) is 2.68. The summed E-state index contributed by atoms with van der Waals surface area (Å²) in [6.45, 7) is 3.52. The van der Waals surface area contributed by atoms with Crippen molar-refractivity contribution in [1.29, 1.82) is 5.26 Å². The molecule has 5 nitrogen and oxygen atoms in total. The Morgan fingerprint density at radius 3 is 2.67 bits per heavy atom. The number of nitriles is 1. The lowest BCUT2D eigenvalue weighted by molar-refractivity contribution is -0.118. The van der Waals surface area contributed by atoms with Crippen molar-refractivity contribution in [2.24, 2.45) is 0 Å². The standard InChI is InChI=1S/C22H23N3O2/c1-2-27-20-10-8-19(9-11-20)25(15-5-14-23)22(26)13-17-24-16-12-18-6-3-4-7-21(18)24/h3-4,6-12,16H,2,5,13,15,17H2,1H3. The third-order valence-corrected chi connectivity index (χ3v) is 4.45. The molecule has 1 amide bonds. The second kappa shape index (κ2) is 8.91. The van der Waals surface area contributed by atoms with Gasteiger partial charge in [0.2, 0.25) is 5.91 Å². The molecular formula is C22H23N3O2. The molecule has 0 aliphatic rings. The Morgan fingerprint density at radius 2 is 1.93 bits per heavy atom. The predicted molar refractivity (Wildman–Crippen MR) is 107 cm³/mol. The summed E-state index contributed by atoms with van der Waals surface area (Å²) in [5.41, 5.74) is 1.91. The Labute approximate surface area is 159 Å². The number of aryl methyl sites for hydroxylation is 1. The Bertz CT molecular complexity index is 938. The first-order valence-corrected chi connectivity index (χ1v) is 9.17. The number of rotatable bonds is 8. The predicted octanol–water partition coefficient (Wildman–Crippen LogP) is 4.38. The van der Waals surface area contributed by atoms with E-state index >= 15 is 0 Å². The number of amides is 1. The minimum Gasteiger partial charge on any atom is -0.494 e. The molecule has 1 heterocycles.